The van der Waals surface area contributed by atoms with Gasteiger partial charge in [0.25, 0.3) is 0 Å². The largest absolute Gasteiger partial charge is 0.465 e. The van der Waals surface area contributed by atoms with Gasteiger partial charge in [0.1, 0.15) is 12.1 Å². The Balaban J connectivity index is 1.36. The molecule has 4 rings (SSSR count). The van der Waals surface area contributed by atoms with Crippen molar-refractivity contribution in [3.8, 4) is 6.07 Å². The van der Waals surface area contributed by atoms with Crippen molar-refractivity contribution in [3.63, 3.8) is 0 Å². The molecule has 2 fully saturated rings. The number of nitrogens with zero attached hydrogens (tertiary/aromatic N) is 5. The van der Waals surface area contributed by atoms with Crippen LogP contribution in [0, 0.1) is 11.3 Å². The van der Waals surface area contributed by atoms with Crippen LogP contribution in [0.4, 0.5) is 10.6 Å². The van der Waals surface area contributed by atoms with Gasteiger partial charge in [0, 0.05) is 43.6 Å². The molecule has 1 aliphatic heterocycles. The average molecular weight is 380 g/mol. The molecular formula is C20H24N6O2. The van der Waals surface area contributed by atoms with Gasteiger partial charge in [-0.05, 0) is 43.9 Å². The highest BCUT2D eigenvalue weighted by Gasteiger charge is 2.29. The van der Waals surface area contributed by atoms with Crippen LogP contribution in [-0.4, -0.2) is 69.2 Å². The van der Waals surface area contributed by atoms with Crippen LogP contribution < -0.4 is 5.32 Å². The summed E-state index contributed by atoms with van der Waals surface area (Å²) in [5.74, 6) is 0.792. The van der Waals surface area contributed by atoms with E-state index in [2.05, 4.69) is 26.3 Å². The number of fused-ring (bicyclic) bond motifs is 1. The monoisotopic (exact) mass is 380 g/mol. The van der Waals surface area contributed by atoms with Crippen molar-refractivity contribution in [2.75, 3.05) is 31.5 Å². The van der Waals surface area contributed by atoms with Crippen LogP contribution in [0.5, 0.6) is 0 Å². The molecule has 0 spiro atoms. The fraction of sp³-hybridized carbons (Fsp3) is 0.500. The minimum absolute atomic E-state index is 0.348. The van der Waals surface area contributed by atoms with Gasteiger partial charge >= 0.3 is 6.09 Å². The Bertz CT molecular complexity index is 895. The lowest BCUT2D eigenvalue weighted by molar-refractivity contribution is 0.0721. The molecule has 0 unspecified atom stereocenters. The molecule has 0 radical (unpaired) electrons. The standard InChI is InChI=1S/C20H24N6O2/c21-12-14-1-6-18-17(11-14)19(23-13-22-18)24-15-2-4-16(5-3-15)25-7-9-26(10-8-25)20(27)28/h1,6,11,13,15-16H,2-5,7-10H2,(H,27,28)(H,22,23,24). The number of piperazine rings is 1. The summed E-state index contributed by atoms with van der Waals surface area (Å²) < 4.78 is 0. The number of hydrogen-bond donors (Lipinski definition) is 2. The summed E-state index contributed by atoms with van der Waals surface area (Å²) in [5.41, 5.74) is 1.44. The zero-order valence-electron chi connectivity index (χ0n) is 15.7. The number of anilines is 1. The van der Waals surface area contributed by atoms with Crippen LogP contribution in [0.25, 0.3) is 10.9 Å². The Kier molecular flexibility index (Phi) is 5.26. The maximum absolute atomic E-state index is 11.1. The molecule has 2 aromatic rings. The highest BCUT2D eigenvalue weighted by Crippen LogP contribution is 2.28. The van der Waals surface area contributed by atoms with E-state index in [0.29, 0.717) is 30.7 Å². The number of rotatable bonds is 3. The highest BCUT2D eigenvalue weighted by molar-refractivity contribution is 5.89. The third-order valence-electron chi connectivity index (χ3n) is 5.90. The zero-order chi connectivity index (χ0) is 19.5. The zero-order valence-corrected chi connectivity index (χ0v) is 15.7. The van der Waals surface area contributed by atoms with E-state index in [9.17, 15) is 4.79 Å². The maximum atomic E-state index is 11.1. The number of amides is 1. The van der Waals surface area contributed by atoms with E-state index >= 15 is 0 Å². The Morgan fingerprint density at radius 1 is 1.14 bits per heavy atom. The van der Waals surface area contributed by atoms with Crippen LogP contribution in [-0.2, 0) is 0 Å². The van der Waals surface area contributed by atoms with Gasteiger partial charge in [-0.15, -0.1) is 0 Å². The third kappa shape index (κ3) is 3.85. The van der Waals surface area contributed by atoms with Gasteiger partial charge in [-0.1, -0.05) is 0 Å². The number of benzene rings is 1. The number of carbonyl (C=O) groups is 1. The van der Waals surface area contributed by atoms with Crippen LogP contribution in [0.3, 0.4) is 0 Å². The molecule has 8 nitrogen and oxygen atoms in total. The average Bonchev–Trinajstić information content (AvgIpc) is 2.74. The number of carboxylic acid groups (broad SMARTS) is 1. The first kappa shape index (κ1) is 18.4. The Labute approximate surface area is 163 Å². The van der Waals surface area contributed by atoms with Gasteiger partial charge in [-0.25, -0.2) is 14.8 Å². The molecule has 1 saturated heterocycles. The van der Waals surface area contributed by atoms with Crippen molar-refractivity contribution >= 4 is 22.8 Å². The van der Waals surface area contributed by atoms with Gasteiger partial charge in [0.2, 0.25) is 0 Å². The molecule has 8 heteroatoms. The fourth-order valence-electron chi connectivity index (χ4n) is 4.30. The van der Waals surface area contributed by atoms with Crippen molar-refractivity contribution < 1.29 is 9.90 Å². The van der Waals surface area contributed by atoms with Crippen LogP contribution >= 0.6 is 0 Å². The second-order valence-corrected chi connectivity index (χ2v) is 7.52. The molecule has 0 bridgehead atoms. The van der Waals surface area contributed by atoms with Crippen LogP contribution in [0.15, 0.2) is 24.5 Å². The van der Waals surface area contributed by atoms with Gasteiger partial charge in [0.05, 0.1) is 17.1 Å². The van der Waals surface area contributed by atoms with Crippen LogP contribution in [0.1, 0.15) is 31.2 Å². The minimum Gasteiger partial charge on any atom is -0.465 e. The fourth-order valence-corrected chi connectivity index (χ4v) is 4.30. The van der Waals surface area contributed by atoms with Crippen molar-refractivity contribution in [1.82, 2.24) is 19.8 Å². The number of aromatic nitrogens is 2. The lowest BCUT2D eigenvalue weighted by Gasteiger charge is -2.41. The second kappa shape index (κ2) is 7.98. The number of nitriles is 1. The summed E-state index contributed by atoms with van der Waals surface area (Å²) in [5, 5.41) is 22.7. The van der Waals surface area contributed by atoms with E-state index in [4.69, 9.17) is 10.4 Å². The van der Waals surface area contributed by atoms with E-state index in [-0.39, 0.29) is 0 Å². The molecule has 2 aliphatic rings. The van der Waals surface area contributed by atoms with Crippen molar-refractivity contribution in [2.24, 2.45) is 0 Å². The predicted molar refractivity (Wildman–Crippen MR) is 105 cm³/mol. The molecule has 1 saturated carbocycles. The quantitative estimate of drug-likeness (QED) is 0.843. The Morgan fingerprint density at radius 2 is 1.89 bits per heavy atom. The third-order valence-corrected chi connectivity index (χ3v) is 5.90. The molecule has 2 N–H and O–H groups in total. The van der Waals surface area contributed by atoms with Crippen LogP contribution in [0.2, 0.25) is 0 Å². The first-order valence-electron chi connectivity index (χ1n) is 9.77. The first-order chi connectivity index (χ1) is 13.6. The minimum atomic E-state index is -0.816. The van der Waals surface area contributed by atoms with Gasteiger partial charge in [0.15, 0.2) is 0 Å². The van der Waals surface area contributed by atoms with Crippen molar-refractivity contribution in [1.29, 1.82) is 5.26 Å². The molecule has 2 heterocycles. The maximum Gasteiger partial charge on any atom is 0.407 e. The lowest BCUT2D eigenvalue weighted by atomic mass is 9.89. The van der Waals surface area contributed by atoms with E-state index in [1.807, 2.05) is 12.1 Å². The van der Waals surface area contributed by atoms with E-state index < -0.39 is 6.09 Å². The number of hydrogen-bond acceptors (Lipinski definition) is 6. The Morgan fingerprint density at radius 3 is 2.57 bits per heavy atom. The summed E-state index contributed by atoms with van der Waals surface area (Å²) in [6.45, 7) is 2.84. The SMILES string of the molecule is N#Cc1ccc2ncnc(NC3CCC(N4CCN(C(=O)O)CC4)CC3)c2c1. The molecule has 1 aromatic carbocycles. The summed E-state index contributed by atoms with van der Waals surface area (Å²) >= 11 is 0. The smallest absolute Gasteiger partial charge is 0.407 e. The normalized spacial score (nSPS) is 23.3. The summed E-state index contributed by atoms with van der Waals surface area (Å²) in [6.07, 6.45) is 5.03. The van der Waals surface area contributed by atoms with Gasteiger partial charge in [-0.2, -0.15) is 5.26 Å². The van der Waals surface area contributed by atoms with E-state index in [1.165, 1.54) is 4.90 Å². The predicted octanol–water partition coefficient (Wildman–Crippen LogP) is 2.52. The van der Waals surface area contributed by atoms with E-state index in [1.54, 1.807) is 12.4 Å². The molecule has 1 amide bonds. The molecule has 28 heavy (non-hydrogen) atoms. The molecule has 0 atom stereocenters. The van der Waals surface area contributed by atoms with Crippen molar-refractivity contribution in [3.05, 3.63) is 30.1 Å². The van der Waals surface area contributed by atoms with Gasteiger partial charge in [-0.3, -0.25) is 4.90 Å². The highest BCUT2D eigenvalue weighted by atomic mass is 16.4. The summed E-state index contributed by atoms with van der Waals surface area (Å²) in [6, 6.07) is 8.52. The Hall–Kier alpha value is -2.92. The topological polar surface area (TPSA) is 105 Å². The molecule has 146 valence electrons. The first-order valence-corrected chi connectivity index (χ1v) is 9.77. The second-order valence-electron chi connectivity index (χ2n) is 7.52. The number of nitrogens with one attached hydrogen (secondary N) is 1. The van der Waals surface area contributed by atoms with Crippen molar-refractivity contribution in [2.45, 2.75) is 37.8 Å². The lowest BCUT2D eigenvalue weighted by Crippen LogP contribution is -2.52. The van der Waals surface area contributed by atoms with Gasteiger partial charge < -0.3 is 15.3 Å². The molecule has 1 aliphatic carbocycles. The molecule has 1 aromatic heterocycles. The summed E-state index contributed by atoms with van der Waals surface area (Å²) in [7, 11) is 0. The molecular weight excluding hydrogens is 356 g/mol. The summed E-state index contributed by atoms with van der Waals surface area (Å²) in [4.78, 5) is 23.7. The van der Waals surface area contributed by atoms with E-state index in [0.717, 1.165) is 55.5 Å².